The monoisotopic (exact) mass is 324 g/mol. The Balaban J connectivity index is 2.15. The molecule has 8 nitrogen and oxygen atoms in total. The Morgan fingerprint density at radius 2 is 2.05 bits per heavy atom. The van der Waals surface area contributed by atoms with Gasteiger partial charge in [0.15, 0.2) is 0 Å². The number of anilines is 1. The predicted molar refractivity (Wildman–Crippen MR) is 80.7 cm³/mol. The van der Waals surface area contributed by atoms with Crippen LogP contribution < -0.4 is 10.0 Å². The molecule has 0 radical (unpaired) electrons. The van der Waals surface area contributed by atoms with E-state index in [-0.39, 0.29) is 22.9 Å². The van der Waals surface area contributed by atoms with Crippen LogP contribution in [0.5, 0.6) is 0 Å². The number of hydrogen-bond donors (Lipinski definition) is 1. The van der Waals surface area contributed by atoms with E-state index in [1.165, 1.54) is 6.07 Å². The topological polar surface area (TPSA) is 130 Å². The van der Waals surface area contributed by atoms with Gasteiger partial charge in [-0.15, -0.1) is 0 Å². The van der Waals surface area contributed by atoms with E-state index in [0.717, 1.165) is 0 Å². The van der Waals surface area contributed by atoms with E-state index in [4.69, 9.17) is 10.4 Å². The molecule has 0 atom stereocenters. The molecule has 1 saturated heterocycles. The minimum atomic E-state index is -3.50. The summed E-state index contributed by atoms with van der Waals surface area (Å²) >= 11 is 0. The summed E-state index contributed by atoms with van der Waals surface area (Å²) in [6, 6.07) is 6.24. The highest BCUT2D eigenvalue weighted by Gasteiger charge is 2.26. The quantitative estimate of drug-likeness (QED) is 0.648. The van der Waals surface area contributed by atoms with E-state index < -0.39 is 14.9 Å². The summed E-state index contributed by atoms with van der Waals surface area (Å²) in [7, 11) is -3.50. The first-order chi connectivity index (χ1) is 10.3. The van der Waals surface area contributed by atoms with Crippen molar-refractivity contribution in [2.45, 2.75) is 12.8 Å². The molecule has 1 aromatic carbocycles. The molecule has 2 N–H and O–H groups in total. The van der Waals surface area contributed by atoms with E-state index >= 15 is 0 Å². The van der Waals surface area contributed by atoms with E-state index in [1.807, 2.05) is 11.0 Å². The molecule has 0 aliphatic carbocycles. The van der Waals surface area contributed by atoms with Crippen molar-refractivity contribution < 1.29 is 13.3 Å². The molecule has 1 aliphatic rings. The summed E-state index contributed by atoms with van der Waals surface area (Å²) < 4.78 is 22.2. The second-order valence-electron chi connectivity index (χ2n) is 5.33. The van der Waals surface area contributed by atoms with Gasteiger partial charge < -0.3 is 4.90 Å². The smallest absolute Gasteiger partial charge is 0.293 e. The van der Waals surface area contributed by atoms with Crippen LogP contribution in [0.1, 0.15) is 18.4 Å². The Hall–Kier alpha value is -2.18. The number of nitro groups is 1. The third-order valence-corrected chi connectivity index (χ3v) is 4.66. The molecule has 22 heavy (non-hydrogen) atoms. The van der Waals surface area contributed by atoms with Crippen molar-refractivity contribution in [3.63, 3.8) is 0 Å². The molecule has 0 spiro atoms. The lowest BCUT2D eigenvalue weighted by Gasteiger charge is -2.32. The highest BCUT2D eigenvalue weighted by atomic mass is 32.2. The van der Waals surface area contributed by atoms with Crippen molar-refractivity contribution in [3.8, 4) is 6.07 Å². The van der Waals surface area contributed by atoms with Gasteiger partial charge in [0.2, 0.25) is 10.0 Å². The van der Waals surface area contributed by atoms with Crippen molar-refractivity contribution >= 4 is 21.4 Å². The highest BCUT2D eigenvalue weighted by molar-refractivity contribution is 7.89. The summed E-state index contributed by atoms with van der Waals surface area (Å²) in [5, 5.41) is 25.0. The van der Waals surface area contributed by atoms with E-state index in [0.29, 0.717) is 31.6 Å². The molecule has 0 unspecified atom stereocenters. The third-order valence-electron chi connectivity index (χ3n) is 3.72. The number of rotatable bonds is 4. The second kappa shape index (κ2) is 6.29. The Bertz CT molecular complexity index is 718. The van der Waals surface area contributed by atoms with Crippen molar-refractivity contribution in [3.05, 3.63) is 33.9 Å². The minimum absolute atomic E-state index is 0.0244. The number of sulfonamides is 1. The number of nitrogens with zero attached hydrogens (tertiary/aromatic N) is 3. The number of hydrogen-bond acceptors (Lipinski definition) is 6. The average molecular weight is 324 g/mol. The zero-order valence-electron chi connectivity index (χ0n) is 11.8. The van der Waals surface area contributed by atoms with Crippen LogP contribution in [-0.4, -0.2) is 32.2 Å². The van der Waals surface area contributed by atoms with Crippen LogP contribution >= 0.6 is 0 Å². The van der Waals surface area contributed by atoms with Gasteiger partial charge >= 0.3 is 0 Å². The van der Waals surface area contributed by atoms with Gasteiger partial charge in [-0.1, -0.05) is 0 Å². The van der Waals surface area contributed by atoms with Crippen molar-refractivity contribution in [2.75, 3.05) is 23.7 Å². The zero-order chi connectivity index (χ0) is 16.3. The van der Waals surface area contributed by atoms with Crippen LogP contribution in [0.25, 0.3) is 0 Å². The molecule has 9 heteroatoms. The Kier molecular flexibility index (Phi) is 4.63. The maximum absolute atomic E-state index is 11.2. The van der Waals surface area contributed by atoms with Gasteiger partial charge in [-0.3, -0.25) is 10.1 Å². The first-order valence-corrected chi connectivity index (χ1v) is 8.45. The van der Waals surface area contributed by atoms with Gasteiger partial charge in [0.25, 0.3) is 5.69 Å². The average Bonchev–Trinajstić information content (AvgIpc) is 2.45. The molecule has 1 fully saturated rings. The molecule has 2 rings (SSSR count). The number of piperidine rings is 1. The maximum Gasteiger partial charge on any atom is 0.293 e. The SMILES string of the molecule is N#Cc1ccc(N2CCC(CS(N)(=O)=O)CC2)c([N+](=O)[O-])c1. The molecule has 0 bridgehead atoms. The van der Waals surface area contributed by atoms with Gasteiger partial charge in [0.1, 0.15) is 5.69 Å². The lowest BCUT2D eigenvalue weighted by Crippen LogP contribution is -2.37. The van der Waals surface area contributed by atoms with E-state index in [1.54, 1.807) is 12.1 Å². The van der Waals surface area contributed by atoms with E-state index in [9.17, 15) is 18.5 Å². The molecular formula is C13H16N4O4S. The van der Waals surface area contributed by atoms with Gasteiger partial charge in [0, 0.05) is 19.2 Å². The highest BCUT2D eigenvalue weighted by Crippen LogP contribution is 2.32. The van der Waals surface area contributed by atoms with Crippen LogP contribution in [0, 0.1) is 27.4 Å². The van der Waals surface area contributed by atoms with Crippen LogP contribution in [0.15, 0.2) is 18.2 Å². The van der Waals surface area contributed by atoms with Gasteiger partial charge in [0.05, 0.1) is 22.3 Å². The summed E-state index contributed by atoms with van der Waals surface area (Å²) in [6.07, 6.45) is 1.21. The summed E-state index contributed by atoms with van der Waals surface area (Å²) in [5.41, 5.74) is 0.585. The molecule has 0 amide bonds. The third kappa shape index (κ3) is 3.93. The fraction of sp³-hybridized carbons (Fsp3) is 0.462. The number of nitrogens with two attached hydrogens (primary N) is 1. The lowest BCUT2D eigenvalue weighted by atomic mass is 9.98. The molecule has 1 aliphatic heterocycles. The van der Waals surface area contributed by atoms with Crippen molar-refractivity contribution in [2.24, 2.45) is 11.1 Å². The summed E-state index contributed by atoms with van der Waals surface area (Å²) in [4.78, 5) is 12.5. The lowest BCUT2D eigenvalue weighted by molar-refractivity contribution is -0.384. The van der Waals surface area contributed by atoms with Crippen molar-refractivity contribution in [1.82, 2.24) is 0 Å². The fourth-order valence-corrected chi connectivity index (χ4v) is 3.67. The number of benzene rings is 1. The Morgan fingerprint density at radius 1 is 1.41 bits per heavy atom. The molecule has 118 valence electrons. The largest absolute Gasteiger partial charge is 0.366 e. The normalized spacial score (nSPS) is 16.3. The van der Waals surface area contributed by atoms with Crippen LogP contribution in [-0.2, 0) is 10.0 Å². The van der Waals surface area contributed by atoms with E-state index in [2.05, 4.69) is 0 Å². The Morgan fingerprint density at radius 3 is 2.55 bits per heavy atom. The maximum atomic E-state index is 11.2. The molecular weight excluding hydrogens is 308 g/mol. The van der Waals surface area contributed by atoms with Crippen LogP contribution in [0.4, 0.5) is 11.4 Å². The van der Waals surface area contributed by atoms with Gasteiger partial charge in [-0.2, -0.15) is 5.26 Å². The van der Waals surface area contributed by atoms with Crippen LogP contribution in [0.2, 0.25) is 0 Å². The molecule has 1 aromatic rings. The first-order valence-electron chi connectivity index (χ1n) is 6.74. The minimum Gasteiger partial charge on any atom is -0.366 e. The molecule has 1 heterocycles. The molecule has 0 aromatic heterocycles. The van der Waals surface area contributed by atoms with Crippen molar-refractivity contribution in [1.29, 1.82) is 5.26 Å². The standard InChI is InChI=1S/C13H16N4O4S/c14-8-11-1-2-12(13(7-11)17(18)19)16-5-3-10(4-6-16)9-22(15,20)21/h1-2,7,10H,3-6,9H2,(H2,15,20,21). The number of nitriles is 1. The predicted octanol–water partition coefficient (Wildman–Crippen LogP) is 0.971. The number of primary sulfonamides is 1. The first kappa shape index (κ1) is 16.2. The second-order valence-corrected chi connectivity index (χ2v) is 6.99. The summed E-state index contributed by atoms with van der Waals surface area (Å²) in [6.45, 7) is 1.04. The van der Waals surface area contributed by atoms with Gasteiger partial charge in [-0.05, 0) is 30.9 Å². The van der Waals surface area contributed by atoms with Crippen LogP contribution in [0.3, 0.4) is 0 Å². The summed E-state index contributed by atoms with van der Waals surface area (Å²) in [5.74, 6) is -0.0836. The zero-order valence-corrected chi connectivity index (χ0v) is 12.6. The Labute approximate surface area is 128 Å². The fourth-order valence-electron chi connectivity index (χ4n) is 2.68. The molecule has 0 saturated carbocycles. The number of nitro benzene ring substituents is 1. The van der Waals surface area contributed by atoms with Gasteiger partial charge in [-0.25, -0.2) is 13.6 Å².